The quantitative estimate of drug-likeness (QED) is 0.453. The van der Waals surface area contributed by atoms with Crippen molar-refractivity contribution in [2.45, 2.75) is 55.3 Å². The number of ether oxygens (including phenoxy) is 1. The third kappa shape index (κ3) is 4.75. The summed E-state index contributed by atoms with van der Waals surface area (Å²) < 4.78 is 22.3. The van der Waals surface area contributed by atoms with E-state index in [0.717, 1.165) is 66.7 Å². The SMILES string of the molecule is C[C@](O)(COCCO)c1ccc([S@](N)(=O)=NC(=O)Nc2c3c(cc4c2CCC4)CCC3)s1. The van der Waals surface area contributed by atoms with E-state index in [1.807, 2.05) is 0 Å². The van der Waals surface area contributed by atoms with Crippen molar-refractivity contribution in [3.63, 3.8) is 0 Å². The molecule has 0 radical (unpaired) electrons. The zero-order chi connectivity index (χ0) is 22.9. The van der Waals surface area contributed by atoms with Gasteiger partial charge in [0.15, 0.2) is 9.92 Å². The largest absolute Gasteiger partial charge is 0.394 e. The molecule has 0 unspecified atom stereocenters. The molecule has 2 aromatic rings. The van der Waals surface area contributed by atoms with Crippen molar-refractivity contribution in [2.75, 3.05) is 25.1 Å². The second-order valence-corrected chi connectivity index (χ2v) is 11.6. The van der Waals surface area contributed by atoms with Crippen molar-refractivity contribution in [1.82, 2.24) is 0 Å². The minimum Gasteiger partial charge on any atom is -0.394 e. The number of aliphatic hydroxyl groups is 2. The molecule has 0 bridgehead atoms. The van der Waals surface area contributed by atoms with Crippen LogP contribution in [-0.4, -0.2) is 40.3 Å². The van der Waals surface area contributed by atoms with Crippen molar-refractivity contribution in [1.29, 1.82) is 0 Å². The lowest BCUT2D eigenvalue weighted by Crippen LogP contribution is -2.27. The molecule has 8 nitrogen and oxygen atoms in total. The molecule has 2 atom stereocenters. The fourth-order valence-corrected chi connectivity index (χ4v) is 6.71. The number of rotatable bonds is 7. The van der Waals surface area contributed by atoms with Crippen molar-refractivity contribution in [2.24, 2.45) is 9.50 Å². The highest BCUT2D eigenvalue weighted by molar-refractivity contribution is 7.93. The molecule has 2 aliphatic rings. The molecule has 32 heavy (non-hydrogen) atoms. The number of aliphatic hydroxyl groups excluding tert-OH is 1. The lowest BCUT2D eigenvalue weighted by Gasteiger charge is -2.21. The second-order valence-electron chi connectivity index (χ2n) is 8.49. The first-order chi connectivity index (χ1) is 15.2. The Balaban J connectivity index is 1.56. The average Bonchev–Trinajstić information content (AvgIpc) is 3.47. The van der Waals surface area contributed by atoms with Crippen LogP contribution in [0.15, 0.2) is 26.8 Å². The molecule has 5 N–H and O–H groups in total. The molecule has 1 aromatic carbocycles. The topological polar surface area (TPSA) is 134 Å². The van der Waals surface area contributed by atoms with Gasteiger partial charge in [0.25, 0.3) is 0 Å². The van der Waals surface area contributed by atoms with E-state index in [2.05, 4.69) is 15.7 Å². The smallest absolute Gasteiger partial charge is 0.354 e. The van der Waals surface area contributed by atoms with Crippen LogP contribution in [0.3, 0.4) is 0 Å². The van der Waals surface area contributed by atoms with Gasteiger partial charge in [0.2, 0.25) is 0 Å². The molecule has 0 saturated heterocycles. The van der Waals surface area contributed by atoms with E-state index >= 15 is 0 Å². The summed E-state index contributed by atoms with van der Waals surface area (Å²) in [6.45, 7) is 1.47. The maximum Gasteiger partial charge on any atom is 0.354 e. The molecule has 0 spiro atoms. The fourth-order valence-electron chi connectivity index (χ4n) is 4.44. The number of aryl methyl sites for hydroxylation is 2. The number of amides is 2. The molecule has 0 saturated carbocycles. The van der Waals surface area contributed by atoms with Gasteiger partial charge in [-0.2, -0.15) is 0 Å². The first kappa shape index (κ1) is 23.3. The van der Waals surface area contributed by atoms with Crippen molar-refractivity contribution < 1.29 is 24.0 Å². The van der Waals surface area contributed by atoms with E-state index in [-0.39, 0.29) is 24.0 Å². The Morgan fingerprint density at radius 1 is 1.25 bits per heavy atom. The van der Waals surface area contributed by atoms with Crippen molar-refractivity contribution in [3.8, 4) is 0 Å². The van der Waals surface area contributed by atoms with Crippen molar-refractivity contribution in [3.05, 3.63) is 45.3 Å². The molecule has 2 aliphatic carbocycles. The summed E-state index contributed by atoms with van der Waals surface area (Å²) in [4.78, 5) is 13.2. The normalized spacial score (nSPS) is 18.5. The van der Waals surface area contributed by atoms with Crippen LogP contribution in [0.1, 0.15) is 46.9 Å². The third-order valence-electron chi connectivity index (χ3n) is 5.94. The van der Waals surface area contributed by atoms with Gasteiger partial charge in [0, 0.05) is 10.6 Å². The Labute approximate surface area is 192 Å². The van der Waals surface area contributed by atoms with Crippen LogP contribution in [0.5, 0.6) is 0 Å². The highest BCUT2D eigenvalue weighted by Gasteiger charge is 2.28. The van der Waals surface area contributed by atoms with Crippen LogP contribution in [0, 0.1) is 0 Å². The second kappa shape index (κ2) is 9.20. The lowest BCUT2D eigenvalue weighted by molar-refractivity contribution is -0.0424. The van der Waals surface area contributed by atoms with Gasteiger partial charge in [-0.25, -0.2) is 14.1 Å². The van der Waals surface area contributed by atoms with Crippen molar-refractivity contribution >= 4 is 33.0 Å². The monoisotopic (exact) mass is 479 g/mol. The summed E-state index contributed by atoms with van der Waals surface area (Å²) in [5.41, 5.74) is 4.37. The van der Waals surface area contributed by atoms with E-state index in [0.29, 0.717) is 4.88 Å². The standard InChI is InChI=1S/C22H29N3O5S2/c1-22(28,13-30-11-10-26)18-8-9-19(31-18)32(23,29)25-21(27)24-20-16-6-2-4-14(16)12-15-5-3-7-17(15)20/h8-9,12,26,28H,2-7,10-11,13H2,1H3,(H3,23,24,25,27,29)/t22-,32+/m0/s1. The predicted octanol–water partition coefficient (Wildman–Crippen LogP) is 2.87. The Morgan fingerprint density at radius 2 is 1.91 bits per heavy atom. The van der Waals surface area contributed by atoms with Gasteiger partial charge in [-0.05, 0) is 79.8 Å². The number of urea groups is 1. The maximum absolute atomic E-state index is 13.1. The third-order valence-corrected chi connectivity index (χ3v) is 9.19. The van der Waals surface area contributed by atoms with Gasteiger partial charge in [-0.15, -0.1) is 15.7 Å². The van der Waals surface area contributed by atoms with Crippen LogP contribution in [-0.2, 0) is 45.9 Å². The number of carbonyl (C=O) groups excluding carboxylic acids is 1. The van der Waals surface area contributed by atoms with Gasteiger partial charge in [0.1, 0.15) is 9.81 Å². The number of anilines is 1. The summed E-state index contributed by atoms with van der Waals surface area (Å²) in [6, 6.07) is 4.66. The van der Waals surface area contributed by atoms with E-state index in [1.165, 1.54) is 17.2 Å². The van der Waals surface area contributed by atoms with Crippen LogP contribution in [0.25, 0.3) is 0 Å². The average molecular weight is 480 g/mol. The van der Waals surface area contributed by atoms with E-state index in [4.69, 9.17) is 15.0 Å². The van der Waals surface area contributed by atoms with Crippen LogP contribution in [0.4, 0.5) is 10.5 Å². The summed E-state index contributed by atoms with van der Waals surface area (Å²) in [5.74, 6) is 0. The maximum atomic E-state index is 13.1. The van der Waals surface area contributed by atoms with Gasteiger partial charge >= 0.3 is 6.03 Å². The number of benzene rings is 1. The van der Waals surface area contributed by atoms with E-state index in [9.17, 15) is 14.1 Å². The molecular formula is C22H29N3O5S2. The molecule has 4 rings (SSSR count). The van der Waals surface area contributed by atoms with Gasteiger partial charge in [-0.1, -0.05) is 6.07 Å². The Hall–Kier alpha value is -1.82. The van der Waals surface area contributed by atoms with Gasteiger partial charge in [0.05, 0.1) is 19.8 Å². The molecule has 1 heterocycles. The lowest BCUT2D eigenvalue weighted by atomic mass is 9.99. The minimum atomic E-state index is -3.48. The number of thiophene rings is 1. The van der Waals surface area contributed by atoms with E-state index in [1.54, 1.807) is 13.0 Å². The number of hydrogen-bond donors (Lipinski definition) is 4. The summed E-state index contributed by atoms with van der Waals surface area (Å²) in [6.07, 6.45) is 5.97. The number of nitrogens with one attached hydrogen (secondary N) is 1. The minimum absolute atomic E-state index is 0.0405. The summed E-state index contributed by atoms with van der Waals surface area (Å²) >= 11 is 1.03. The van der Waals surface area contributed by atoms with Crippen LogP contribution in [0.2, 0.25) is 0 Å². The molecule has 174 valence electrons. The summed E-state index contributed by atoms with van der Waals surface area (Å²) in [5, 5.41) is 28.3. The van der Waals surface area contributed by atoms with Crippen LogP contribution >= 0.6 is 11.3 Å². The zero-order valence-corrected chi connectivity index (χ0v) is 19.7. The van der Waals surface area contributed by atoms with Gasteiger partial charge in [-0.3, -0.25) is 0 Å². The molecule has 0 fully saturated rings. The Morgan fingerprint density at radius 3 is 2.53 bits per heavy atom. The molecule has 0 aliphatic heterocycles. The molecule has 1 aromatic heterocycles. The molecular weight excluding hydrogens is 450 g/mol. The highest BCUT2D eigenvalue weighted by Crippen LogP contribution is 2.39. The Kier molecular flexibility index (Phi) is 6.71. The predicted molar refractivity (Wildman–Crippen MR) is 124 cm³/mol. The molecule has 10 heteroatoms. The first-order valence-corrected chi connectivity index (χ1v) is 13.1. The molecule has 2 amide bonds. The van der Waals surface area contributed by atoms with E-state index < -0.39 is 21.5 Å². The number of nitrogens with zero attached hydrogens (tertiary/aromatic N) is 1. The highest BCUT2D eigenvalue weighted by atomic mass is 32.2. The fraction of sp³-hybridized carbons (Fsp3) is 0.500. The van der Waals surface area contributed by atoms with Gasteiger partial charge < -0.3 is 20.3 Å². The number of fused-ring (bicyclic) bond motifs is 2. The van der Waals surface area contributed by atoms with Crippen LogP contribution < -0.4 is 10.5 Å². The number of hydrogen-bond acceptors (Lipinski definition) is 6. The summed E-state index contributed by atoms with van der Waals surface area (Å²) in [7, 11) is -3.48. The first-order valence-electron chi connectivity index (χ1n) is 10.7. The Bertz CT molecular complexity index is 1120. The number of carbonyl (C=O) groups is 1. The zero-order valence-electron chi connectivity index (χ0n) is 18.1. The number of nitrogens with two attached hydrogens (primary N) is 1.